The fraction of sp³-hybridized carbons (Fsp3) is 0.364. The van der Waals surface area contributed by atoms with Gasteiger partial charge in [0, 0.05) is 23.7 Å². The van der Waals surface area contributed by atoms with Crippen molar-refractivity contribution in [3.8, 4) is 11.5 Å². The molecule has 0 atom stereocenters. The molecule has 0 spiro atoms. The van der Waals surface area contributed by atoms with Gasteiger partial charge in [-0.05, 0) is 55.2 Å². The first-order valence-corrected chi connectivity index (χ1v) is 10.6. The third-order valence-corrected chi connectivity index (χ3v) is 5.89. The van der Waals surface area contributed by atoms with E-state index >= 15 is 0 Å². The summed E-state index contributed by atoms with van der Waals surface area (Å²) in [6, 6.07) is 10.4. The van der Waals surface area contributed by atoms with Gasteiger partial charge in [0.1, 0.15) is 18.1 Å². The van der Waals surface area contributed by atoms with Gasteiger partial charge in [0.15, 0.2) is 5.78 Å². The SMILES string of the molecule is O=C1CNc2cc(C(=O)N3CCC(COc4ccc(Cl)cc4Cl)CC3)ccc2OC1. The Morgan fingerprint density at radius 2 is 1.97 bits per heavy atom. The van der Waals surface area contributed by atoms with E-state index in [1.54, 1.807) is 36.4 Å². The van der Waals surface area contributed by atoms with E-state index in [2.05, 4.69) is 5.32 Å². The average Bonchev–Trinajstić information content (AvgIpc) is 2.94. The standard InChI is InChI=1S/C22H22Cl2N2O4/c23-16-2-4-20(18(24)10-16)29-12-14-5-7-26(8-6-14)22(28)15-1-3-21-19(9-15)25-11-17(27)13-30-21/h1-4,9-10,14,25H,5-8,11-13H2. The minimum atomic E-state index is -0.0248. The Hall–Kier alpha value is -2.44. The van der Waals surface area contributed by atoms with Crippen LogP contribution < -0.4 is 14.8 Å². The number of ketones is 1. The topological polar surface area (TPSA) is 67.9 Å². The third kappa shape index (κ3) is 4.82. The van der Waals surface area contributed by atoms with E-state index in [4.69, 9.17) is 32.7 Å². The number of ether oxygens (including phenoxy) is 2. The number of carbonyl (C=O) groups excluding carboxylic acids is 2. The van der Waals surface area contributed by atoms with E-state index in [1.165, 1.54) is 0 Å². The molecule has 1 amide bonds. The van der Waals surface area contributed by atoms with Crippen molar-refractivity contribution in [1.82, 2.24) is 4.90 Å². The first-order chi connectivity index (χ1) is 14.5. The lowest BCUT2D eigenvalue weighted by Crippen LogP contribution is -2.39. The van der Waals surface area contributed by atoms with Crippen LogP contribution in [0.15, 0.2) is 36.4 Å². The number of nitrogens with zero attached hydrogens (tertiary/aromatic N) is 1. The molecule has 30 heavy (non-hydrogen) atoms. The van der Waals surface area contributed by atoms with Gasteiger partial charge >= 0.3 is 0 Å². The summed E-state index contributed by atoms with van der Waals surface area (Å²) < 4.78 is 11.3. The number of nitrogens with one attached hydrogen (secondary N) is 1. The predicted molar refractivity (Wildman–Crippen MR) is 116 cm³/mol. The molecule has 0 aliphatic carbocycles. The maximum atomic E-state index is 12.9. The monoisotopic (exact) mass is 448 g/mol. The zero-order valence-electron chi connectivity index (χ0n) is 16.3. The molecule has 8 heteroatoms. The molecule has 158 valence electrons. The number of rotatable bonds is 4. The summed E-state index contributed by atoms with van der Waals surface area (Å²) in [5.74, 6) is 1.53. The van der Waals surface area contributed by atoms with Crippen molar-refractivity contribution in [3.63, 3.8) is 0 Å². The van der Waals surface area contributed by atoms with Crippen LogP contribution >= 0.6 is 23.2 Å². The Morgan fingerprint density at radius 3 is 2.73 bits per heavy atom. The molecule has 0 radical (unpaired) electrons. The largest absolute Gasteiger partial charge is 0.492 e. The molecule has 0 bridgehead atoms. The molecule has 1 saturated heterocycles. The van der Waals surface area contributed by atoms with Gasteiger partial charge in [-0.15, -0.1) is 0 Å². The van der Waals surface area contributed by atoms with Crippen LogP contribution in [0, 0.1) is 5.92 Å². The van der Waals surface area contributed by atoms with Crippen LogP contribution in [0.2, 0.25) is 10.0 Å². The Morgan fingerprint density at radius 1 is 1.17 bits per heavy atom. The van der Waals surface area contributed by atoms with Crippen molar-refractivity contribution in [2.75, 3.05) is 38.2 Å². The zero-order valence-corrected chi connectivity index (χ0v) is 17.8. The van der Waals surface area contributed by atoms with Crippen LogP contribution in [0.5, 0.6) is 11.5 Å². The highest BCUT2D eigenvalue weighted by Gasteiger charge is 2.25. The molecule has 2 heterocycles. The quantitative estimate of drug-likeness (QED) is 0.754. The average molecular weight is 449 g/mol. The molecule has 0 unspecified atom stereocenters. The number of likely N-dealkylation sites (tertiary alicyclic amines) is 1. The number of hydrogen-bond acceptors (Lipinski definition) is 5. The molecule has 2 aliphatic rings. The van der Waals surface area contributed by atoms with E-state index < -0.39 is 0 Å². The summed E-state index contributed by atoms with van der Waals surface area (Å²) in [4.78, 5) is 26.3. The van der Waals surface area contributed by atoms with E-state index in [-0.39, 0.29) is 24.8 Å². The highest BCUT2D eigenvalue weighted by molar-refractivity contribution is 6.35. The van der Waals surface area contributed by atoms with Crippen LogP contribution in [0.1, 0.15) is 23.2 Å². The molecule has 2 aliphatic heterocycles. The lowest BCUT2D eigenvalue weighted by Gasteiger charge is -2.32. The number of anilines is 1. The summed E-state index contributed by atoms with van der Waals surface area (Å²) in [5, 5.41) is 4.11. The number of hydrogen-bond donors (Lipinski definition) is 1. The minimum Gasteiger partial charge on any atom is -0.492 e. The second-order valence-corrected chi connectivity index (χ2v) is 8.36. The molecule has 1 N–H and O–H groups in total. The fourth-order valence-corrected chi connectivity index (χ4v) is 4.08. The number of halogens is 2. The van der Waals surface area contributed by atoms with Crippen molar-refractivity contribution >= 4 is 40.6 Å². The number of amides is 1. The number of carbonyl (C=O) groups is 2. The summed E-state index contributed by atoms with van der Waals surface area (Å²) >= 11 is 12.1. The zero-order chi connectivity index (χ0) is 21.1. The summed E-state index contributed by atoms with van der Waals surface area (Å²) in [7, 11) is 0. The maximum Gasteiger partial charge on any atom is 0.253 e. The number of benzene rings is 2. The summed E-state index contributed by atoms with van der Waals surface area (Å²) in [5.41, 5.74) is 1.26. The number of fused-ring (bicyclic) bond motifs is 1. The van der Waals surface area contributed by atoms with Crippen LogP contribution in [-0.2, 0) is 4.79 Å². The van der Waals surface area contributed by atoms with Crippen LogP contribution in [0.3, 0.4) is 0 Å². The molecule has 2 aromatic rings. The van der Waals surface area contributed by atoms with E-state index in [0.29, 0.717) is 58.4 Å². The smallest absolute Gasteiger partial charge is 0.253 e. The Labute approximate surface area is 185 Å². The normalized spacial score (nSPS) is 16.9. The highest BCUT2D eigenvalue weighted by atomic mass is 35.5. The molecular formula is C22H22Cl2N2O4. The summed E-state index contributed by atoms with van der Waals surface area (Å²) in [6.45, 7) is 2.14. The first kappa shape index (κ1) is 20.8. The molecule has 4 rings (SSSR count). The van der Waals surface area contributed by atoms with Crippen molar-refractivity contribution < 1.29 is 19.1 Å². The lowest BCUT2D eigenvalue weighted by atomic mass is 9.97. The molecule has 6 nitrogen and oxygen atoms in total. The predicted octanol–water partition coefficient (Wildman–Crippen LogP) is 4.30. The highest BCUT2D eigenvalue weighted by Crippen LogP contribution is 2.30. The lowest BCUT2D eigenvalue weighted by molar-refractivity contribution is -0.119. The second kappa shape index (κ2) is 9.14. The van der Waals surface area contributed by atoms with Gasteiger partial charge < -0.3 is 19.7 Å². The third-order valence-electron chi connectivity index (χ3n) is 5.36. The first-order valence-electron chi connectivity index (χ1n) is 9.89. The fourth-order valence-electron chi connectivity index (χ4n) is 3.62. The van der Waals surface area contributed by atoms with Gasteiger partial charge in [-0.1, -0.05) is 23.2 Å². The minimum absolute atomic E-state index is 0.0183. The van der Waals surface area contributed by atoms with E-state index in [9.17, 15) is 9.59 Å². The molecular weight excluding hydrogens is 427 g/mol. The van der Waals surface area contributed by atoms with Gasteiger partial charge in [0.25, 0.3) is 5.91 Å². The molecule has 1 fully saturated rings. The van der Waals surface area contributed by atoms with Gasteiger partial charge in [-0.25, -0.2) is 0 Å². The van der Waals surface area contributed by atoms with Gasteiger partial charge in [0.05, 0.1) is 23.9 Å². The van der Waals surface area contributed by atoms with Crippen molar-refractivity contribution in [2.24, 2.45) is 5.92 Å². The van der Waals surface area contributed by atoms with E-state index in [1.807, 2.05) is 4.90 Å². The van der Waals surface area contributed by atoms with Crippen molar-refractivity contribution in [3.05, 3.63) is 52.0 Å². The molecule has 0 aromatic heterocycles. The second-order valence-electron chi connectivity index (χ2n) is 7.51. The number of piperidine rings is 1. The van der Waals surface area contributed by atoms with Crippen LogP contribution in [0.4, 0.5) is 5.69 Å². The van der Waals surface area contributed by atoms with Gasteiger partial charge in [-0.3, -0.25) is 9.59 Å². The summed E-state index contributed by atoms with van der Waals surface area (Å²) in [6.07, 6.45) is 1.72. The number of Topliss-reactive ketones (excluding diaryl/α,β-unsaturated/α-hetero) is 1. The van der Waals surface area contributed by atoms with Crippen molar-refractivity contribution in [1.29, 1.82) is 0 Å². The van der Waals surface area contributed by atoms with Crippen molar-refractivity contribution in [2.45, 2.75) is 12.8 Å². The molecule has 2 aromatic carbocycles. The van der Waals surface area contributed by atoms with Gasteiger partial charge in [-0.2, -0.15) is 0 Å². The Kier molecular flexibility index (Phi) is 6.35. The van der Waals surface area contributed by atoms with Crippen LogP contribution in [-0.4, -0.2) is 49.4 Å². The Bertz CT molecular complexity index is 958. The Balaban J connectivity index is 1.32. The molecule has 0 saturated carbocycles. The van der Waals surface area contributed by atoms with Crippen LogP contribution in [0.25, 0.3) is 0 Å². The van der Waals surface area contributed by atoms with Gasteiger partial charge in [0.2, 0.25) is 0 Å². The van der Waals surface area contributed by atoms with E-state index in [0.717, 1.165) is 12.8 Å². The maximum absolute atomic E-state index is 12.9.